The molecule has 0 aromatic heterocycles. The number of nitrogens with one attached hydrogen (secondary N) is 1. The van der Waals surface area contributed by atoms with E-state index >= 15 is 0 Å². The van der Waals surface area contributed by atoms with Gasteiger partial charge < -0.3 is 10.1 Å². The molecule has 1 fully saturated rings. The Morgan fingerprint density at radius 1 is 1.35 bits per heavy atom. The van der Waals surface area contributed by atoms with Crippen molar-refractivity contribution in [3.8, 4) is 0 Å². The lowest BCUT2D eigenvalue weighted by atomic mass is 9.92. The highest BCUT2D eigenvalue weighted by Crippen LogP contribution is 2.38. The van der Waals surface area contributed by atoms with Crippen molar-refractivity contribution in [3.63, 3.8) is 0 Å². The number of hydrogen-bond acceptors (Lipinski definition) is 3. The summed E-state index contributed by atoms with van der Waals surface area (Å²) in [5.41, 5.74) is 0.113. The molecule has 1 atom stereocenters. The van der Waals surface area contributed by atoms with Crippen LogP contribution in [0.3, 0.4) is 0 Å². The molecule has 0 saturated heterocycles. The van der Waals surface area contributed by atoms with Crippen LogP contribution in [0.2, 0.25) is 0 Å². The molecular formula is C15H19F2NO2. The standard InChI is InChI=1S/C15H19F2NO2/c1-15(2)5-4-9(8-15)18-13-6-10(14(19)20-3)11(16)7-12(13)17/h6-7,9,18H,4-5,8H2,1-3H3. The highest BCUT2D eigenvalue weighted by Gasteiger charge is 2.31. The van der Waals surface area contributed by atoms with Crippen LogP contribution < -0.4 is 5.32 Å². The van der Waals surface area contributed by atoms with Gasteiger partial charge in [-0.1, -0.05) is 13.8 Å². The number of methoxy groups -OCH3 is 1. The molecule has 1 aromatic carbocycles. The van der Waals surface area contributed by atoms with Crippen molar-refractivity contribution in [1.29, 1.82) is 0 Å². The van der Waals surface area contributed by atoms with Gasteiger partial charge >= 0.3 is 5.97 Å². The number of ether oxygens (including phenoxy) is 1. The molecule has 0 heterocycles. The van der Waals surface area contributed by atoms with E-state index in [1.807, 2.05) is 0 Å². The summed E-state index contributed by atoms with van der Waals surface area (Å²) >= 11 is 0. The van der Waals surface area contributed by atoms with Gasteiger partial charge in [-0.25, -0.2) is 13.6 Å². The van der Waals surface area contributed by atoms with E-state index in [1.54, 1.807) is 0 Å². The van der Waals surface area contributed by atoms with Crippen molar-refractivity contribution in [2.45, 2.75) is 39.2 Å². The van der Waals surface area contributed by atoms with E-state index < -0.39 is 17.6 Å². The van der Waals surface area contributed by atoms with Crippen LogP contribution in [-0.2, 0) is 4.74 Å². The number of carbonyl (C=O) groups excluding carboxylic acids is 1. The predicted octanol–water partition coefficient (Wildman–Crippen LogP) is 3.74. The zero-order valence-electron chi connectivity index (χ0n) is 11.9. The van der Waals surface area contributed by atoms with Crippen molar-refractivity contribution in [2.75, 3.05) is 12.4 Å². The van der Waals surface area contributed by atoms with Crippen LogP contribution >= 0.6 is 0 Å². The minimum atomic E-state index is -0.911. The van der Waals surface area contributed by atoms with Gasteiger partial charge in [-0.15, -0.1) is 0 Å². The van der Waals surface area contributed by atoms with E-state index in [0.29, 0.717) is 6.07 Å². The third-order valence-corrected chi connectivity index (χ3v) is 3.79. The lowest BCUT2D eigenvalue weighted by Gasteiger charge is -2.19. The van der Waals surface area contributed by atoms with Crippen LogP contribution in [0.15, 0.2) is 12.1 Å². The topological polar surface area (TPSA) is 38.3 Å². The molecule has 0 spiro atoms. The summed E-state index contributed by atoms with van der Waals surface area (Å²) in [7, 11) is 1.16. The van der Waals surface area contributed by atoms with Gasteiger partial charge in [0.25, 0.3) is 0 Å². The summed E-state index contributed by atoms with van der Waals surface area (Å²) in [4.78, 5) is 11.4. The van der Waals surface area contributed by atoms with Gasteiger partial charge in [0.2, 0.25) is 0 Å². The molecule has 2 rings (SSSR count). The quantitative estimate of drug-likeness (QED) is 0.859. The minimum Gasteiger partial charge on any atom is -0.465 e. The molecule has 1 aromatic rings. The Balaban J connectivity index is 2.22. The maximum absolute atomic E-state index is 13.8. The number of hydrogen-bond donors (Lipinski definition) is 1. The third-order valence-electron chi connectivity index (χ3n) is 3.79. The summed E-state index contributed by atoms with van der Waals surface area (Å²) in [5, 5.41) is 3.06. The van der Waals surface area contributed by atoms with Gasteiger partial charge in [-0.3, -0.25) is 0 Å². The second-order valence-corrected chi connectivity index (χ2v) is 6.05. The van der Waals surface area contributed by atoms with Crippen LogP contribution in [0.1, 0.15) is 43.5 Å². The Morgan fingerprint density at radius 2 is 2.05 bits per heavy atom. The minimum absolute atomic E-state index is 0.135. The summed E-state index contributed by atoms with van der Waals surface area (Å²) in [6.07, 6.45) is 2.89. The molecule has 0 radical (unpaired) electrons. The molecule has 1 unspecified atom stereocenters. The summed E-state index contributed by atoms with van der Waals surface area (Å²) in [6.45, 7) is 4.32. The first-order valence-corrected chi connectivity index (χ1v) is 6.66. The molecular weight excluding hydrogens is 264 g/mol. The maximum Gasteiger partial charge on any atom is 0.340 e. The van der Waals surface area contributed by atoms with Crippen molar-refractivity contribution < 1.29 is 18.3 Å². The zero-order chi connectivity index (χ0) is 14.9. The van der Waals surface area contributed by atoms with E-state index in [9.17, 15) is 13.6 Å². The highest BCUT2D eigenvalue weighted by molar-refractivity contribution is 5.90. The average molecular weight is 283 g/mol. The average Bonchev–Trinajstić information content (AvgIpc) is 2.71. The second-order valence-electron chi connectivity index (χ2n) is 6.05. The number of anilines is 1. The largest absolute Gasteiger partial charge is 0.465 e. The fourth-order valence-electron chi connectivity index (χ4n) is 2.71. The Labute approximate surface area is 117 Å². The van der Waals surface area contributed by atoms with Crippen LogP contribution in [0.4, 0.5) is 14.5 Å². The molecule has 20 heavy (non-hydrogen) atoms. The molecule has 1 aliphatic rings. The van der Waals surface area contributed by atoms with Crippen molar-refractivity contribution >= 4 is 11.7 Å². The van der Waals surface area contributed by atoms with Crippen LogP contribution in [0, 0.1) is 17.0 Å². The molecule has 110 valence electrons. The van der Waals surface area contributed by atoms with E-state index in [2.05, 4.69) is 23.9 Å². The first kappa shape index (κ1) is 14.8. The van der Waals surface area contributed by atoms with Gasteiger partial charge in [-0.2, -0.15) is 0 Å². The molecule has 0 bridgehead atoms. The fourth-order valence-corrected chi connectivity index (χ4v) is 2.71. The lowest BCUT2D eigenvalue weighted by Crippen LogP contribution is -2.19. The number of benzene rings is 1. The Hall–Kier alpha value is -1.65. The van der Waals surface area contributed by atoms with Gasteiger partial charge in [-0.05, 0) is 30.7 Å². The highest BCUT2D eigenvalue weighted by atomic mass is 19.1. The first-order chi connectivity index (χ1) is 9.32. The van der Waals surface area contributed by atoms with Crippen LogP contribution in [0.25, 0.3) is 0 Å². The number of rotatable bonds is 3. The number of esters is 1. The van der Waals surface area contributed by atoms with Crippen LogP contribution in [-0.4, -0.2) is 19.1 Å². The molecule has 1 aliphatic carbocycles. The third kappa shape index (κ3) is 3.08. The fraction of sp³-hybridized carbons (Fsp3) is 0.533. The number of halogens is 2. The first-order valence-electron chi connectivity index (χ1n) is 6.66. The zero-order valence-corrected chi connectivity index (χ0v) is 11.9. The summed E-state index contributed by atoms with van der Waals surface area (Å²) in [6, 6.07) is 2.03. The molecule has 1 saturated carbocycles. The summed E-state index contributed by atoms with van der Waals surface area (Å²) in [5.74, 6) is -2.41. The monoisotopic (exact) mass is 283 g/mol. The van der Waals surface area contributed by atoms with E-state index in [4.69, 9.17) is 0 Å². The SMILES string of the molecule is COC(=O)c1cc(NC2CCC(C)(C)C2)c(F)cc1F. The van der Waals surface area contributed by atoms with Gasteiger partial charge in [0.1, 0.15) is 11.6 Å². The van der Waals surface area contributed by atoms with Crippen molar-refractivity contribution in [1.82, 2.24) is 0 Å². The molecule has 5 heteroatoms. The molecule has 3 nitrogen and oxygen atoms in total. The molecule has 0 amide bonds. The Bertz CT molecular complexity index is 529. The van der Waals surface area contributed by atoms with E-state index in [-0.39, 0.29) is 22.7 Å². The molecule has 0 aliphatic heterocycles. The molecule has 1 N–H and O–H groups in total. The number of carbonyl (C=O) groups is 1. The maximum atomic E-state index is 13.8. The summed E-state index contributed by atoms with van der Waals surface area (Å²) < 4.78 is 31.8. The van der Waals surface area contributed by atoms with Crippen molar-refractivity contribution in [2.24, 2.45) is 5.41 Å². The van der Waals surface area contributed by atoms with E-state index in [0.717, 1.165) is 26.4 Å². The van der Waals surface area contributed by atoms with Gasteiger partial charge in [0, 0.05) is 12.1 Å². The van der Waals surface area contributed by atoms with Gasteiger partial charge in [0.15, 0.2) is 0 Å². The smallest absolute Gasteiger partial charge is 0.340 e. The predicted molar refractivity (Wildman–Crippen MR) is 72.7 cm³/mol. The second kappa shape index (κ2) is 5.38. The van der Waals surface area contributed by atoms with Crippen LogP contribution in [0.5, 0.6) is 0 Å². The lowest BCUT2D eigenvalue weighted by molar-refractivity contribution is 0.0595. The van der Waals surface area contributed by atoms with Gasteiger partial charge in [0.05, 0.1) is 18.4 Å². The Morgan fingerprint density at radius 3 is 2.60 bits per heavy atom. The van der Waals surface area contributed by atoms with E-state index in [1.165, 1.54) is 6.07 Å². The normalized spacial score (nSPS) is 20.8. The Kier molecular flexibility index (Phi) is 3.97. The van der Waals surface area contributed by atoms with Crippen molar-refractivity contribution in [3.05, 3.63) is 29.3 Å².